The van der Waals surface area contributed by atoms with E-state index in [1.165, 1.54) is 36.4 Å². The lowest BCUT2D eigenvalue weighted by atomic mass is 9.73. The summed E-state index contributed by atoms with van der Waals surface area (Å²) in [6.45, 7) is 15.7. The first kappa shape index (κ1) is 36.6. The van der Waals surface area contributed by atoms with Crippen molar-refractivity contribution in [2.24, 2.45) is 0 Å². The fourth-order valence-electron chi connectivity index (χ4n) is 7.06. The molecule has 0 saturated heterocycles. The molecule has 0 aliphatic rings. The monoisotopic (exact) mass is 738 g/mol. The minimum absolute atomic E-state index is 0.213. The van der Waals surface area contributed by atoms with E-state index < -0.39 is 51.1 Å². The predicted octanol–water partition coefficient (Wildman–Crippen LogP) is 12.7. The summed E-state index contributed by atoms with van der Waals surface area (Å²) < 4.78 is 46.7. The molecule has 6 nitrogen and oxygen atoms in total. The van der Waals surface area contributed by atoms with Crippen molar-refractivity contribution in [1.29, 1.82) is 21.0 Å². The van der Waals surface area contributed by atoms with Gasteiger partial charge in [-0.15, -0.1) is 0 Å². The molecular weight excluding hydrogens is 718 g/mol. The second-order valence-electron chi connectivity index (χ2n) is 12.6. The number of nitrogens with zero attached hydrogens (tertiary/aromatic N) is 6. The number of benzene rings is 7. The fraction of sp³-hybridized carbons (Fsp3) is 0. The van der Waals surface area contributed by atoms with Gasteiger partial charge in [-0.1, -0.05) is 91.0 Å². The topological polar surface area (TPSA) is 104 Å². The third kappa shape index (κ3) is 6.38. The van der Waals surface area contributed by atoms with Gasteiger partial charge in [0.25, 0.3) is 0 Å². The number of hydrogen-bond acceptors (Lipinski definition) is 4. The maximum atomic E-state index is 15.6. The van der Waals surface area contributed by atoms with E-state index in [2.05, 4.69) is 9.69 Å². The molecule has 0 atom stereocenters. The Bertz CT molecular complexity index is 2590. The van der Waals surface area contributed by atoms with Gasteiger partial charge in [0, 0.05) is 0 Å². The highest BCUT2D eigenvalue weighted by Gasteiger charge is 2.31. The number of rotatable bonds is 6. The molecule has 0 unspecified atom stereocenters. The molecule has 0 fully saturated rings. The molecule has 57 heavy (non-hydrogen) atoms. The van der Waals surface area contributed by atoms with Crippen LogP contribution in [-0.4, -0.2) is 0 Å². The number of hydrogen-bond donors (Lipinski definition) is 0. The van der Waals surface area contributed by atoms with E-state index in [-0.39, 0.29) is 16.7 Å². The molecule has 7 rings (SSSR count). The first-order chi connectivity index (χ1) is 27.8. The van der Waals surface area contributed by atoms with E-state index in [4.69, 9.17) is 13.1 Å². The normalized spacial score (nSPS) is 10.3. The highest BCUT2D eigenvalue weighted by atomic mass is 19.1. The lowest BCUT2D eigenvalue weighted by molar-refractivity contribution is 0.620. The fourth-order valence-corrected chi connectivity index (χ4v) is 7.06. The van der Waals surface area contributed by atoms with E-state index in [0.717, 1.165) is 0 Å². The van der Waals surface area contributed by atoms with Crippen molar-refractivity contribution in [3.8, 4) is 91.0 Å². The third-order valence-electron chi connectivity index (χ3n) is 9.46. The molecule has 0 aromatic heterocycles. The Labute approximate surface area is 325 Å². The first-order valence-corrected chi connectivity index (χ1v) is 17.1. The van der Waals surface area contributed by atoms with Gasteiger partial charge < -0.3 is 0 Å². The molecule has 0 aliphatic carbocycles. The highest BCUT2D eigenvalue weighted by molar-refractivity contribution is 6.15. The minimum atomic E-state index is -1.02. The molecule has 0 radical (unpaired) electrons. The molecule has 0 heterocycles. The molecule has 9 heteroatoms. The summed E-state index contributed by atoms with van der Waals surface area (Å²) in [5, 5.41) is 40.5. The molecule has 0 amide bonds. The maximum Gasteiger partial charge on any atom is 0.224 e. The molecule has 7 aromatic rings. The largest absolute Gasteiger partial charge is 0.235 e. The summed E-state index contributed by atoms with van der Waals surface area (Å²) >= 11 is 0. The first-order valence-electron chi connectivity index (χ1n) is 17.1. The summed E-state index contributed by atoms with van der Waals surface area (Å²) in [7, 11) is 0. The van der Waals surface area contributed by atoms with Crippen LogP contribution in [0.3, 0.4) is 0 Å². The molecule has 0 bridgehead atoms. The van der Waals surface area contributed by atoms with Gasteiger partial charge in [-0.25, -0.2) is 22.9 Å². The summed E-state index contributed by atoms with van der Waals surface area (Å²) in [5.41, 5.74) is 2.07. The number of halogens is 3. The van der Waals surface area contributed by atoms with Crippen LogP contribution in [0.25, 0.3) is 76.5 Å². The Morgan fingerprint density at radius 1 is 0.351 bits per heavy atom. The van der Waals surface area contributed by atoms with Crippen LogP contribution in [-0.2, 0) is 0 Å². The summed E-state index contributed by atoms with van der Waals surface area (Å²) in [6, 6.07) is 42.2. The van der Waals surface area contributed by atoms with Gasteiger partial charge in [-0.2, -0.15) is 21.0 Å². The van der Waals surface area contributed by atoms with Crippen LogP contribution in [0.4, 0.5) is 24.5 Å². The van der Waals surface area contributed by atoms with Crippen LogP contribution in [0.5, 0.6) is 0 Å². The third-order valence-corrected chi connectivity index (χ3v) is 9.46. The van der Waals surface area contributed by atoms with E-state index >= 15 is 13.2 Å². The van der Waals surface area contributed by atoms with Crippen molar-refractivity contribution in [2.45, 2.75) is 0 Å². The lowest BCUT2D eigenvalue weighted by Crippen LogP contribution is -2.04. The minimum Gasteiger partial charge on any atom is -0.235 e. The molecule has 7 aromatic carbocycles. The SMILES string of the molecule is [C-]#[N+]c1cc(-c2c(-c3ccccc3)c(-c3cc(C#N)c(F)c(C#N)c3)c(-c3ccccc3)c(-c3cc(C#N)c(F)c([N+]#[C-])c3)c2-c2ccccc2)cc(C#N)c1F. The number of nitriles is 4. The van der Waals surface area contributed by atoms with Gasteiger partial charge in [0.1, 0.15) is 35.9 Å². The van der Waals surface area contributed by atoms with Crippen molar-refractivity contribution in [3.63, 3.8) is 0 Å². The standard InChI is InChI=1S/C48H21F3N6/c1-56-38-22-32(20-36(26-54)47(38)50)44-40(28-12-6-3-7-13-28)43(31-18-34(24-52)46(49)35(19-31)25-53)41(29-14-8-4-9-15-29)45(42(44)30-16-10-5-11-17-30)33-21-37(27-55)48(51)39(23-33)57-2/h3-23H. The molecule has 0 aliphatic heterocycles. The van der Waals surface area contributed by atoms with Crippen LogP contribution in [0, 0.1) is 75.9 Å². The Morgan fingerprint density at radius 3 is 0.860 bits per heavy atom. The predicted molar refractivity (Wildman–Crippen MR) is 210 cm³/mol. The van der Waals surface area contributed by atoms with Gasteiger partial charge >= 0.3 is 0 Å². The van der Waals surface area contributed by atoms with E-state index in [1.807, 2.05) is 24.3 Å². The molecule has 0 spiro atoms. The van der Waals surface area contributed by atoms with Gasteiger partial charge in [-0.05, 0) is 103 Å². The summed E-state index contributed by atoms with van der Waals surface area (Å²) in [6.07, 6.45) is 0. The van der Waals surface area contributed by atoms with Crippen LogP contribution < -0.4 is 0 Å². The smallest absolute Gasteiger partial charge is 0.224 e. The maximum absolute atomic E-state index is 15.6. The van der Waals surface area contributed by atoms with Crippen molar-refractivity contribution >= 4 is 11.4 Å². The zero-order valence-electron chi connectivity index (χ0n) is 29.4. The van der Waals surface area contributed by atoms with Gasteiger partial charge in [0.05, 0.1) is 35.4 Å². The lowest BCUT2D eigenvalue weighted by Gasteiger charge is -2.29. The second-order valence-corrected chi connectivity index (χ2v) is 12.6. The Balaban J connectivity index is 1.92. The van der Waals surface area contributed by atoms with Crippen LogP contribution >= 0.6 is 0 Å². The van der Waals surface area contributed by atoms with Gasteiger partial charge in [0.15, 0.2) is 5.82 Å². The van der Waals surface area contributed by atoms with Crippen molar-refractivity contribution in [3.05, 3.63) is 190 Å². The highest BCUT2D eigenvalue weighted by Crippen LogP contribution is 2.57. The Kier molecular flexibility index (Phi) is 9.84. The van der Waals surface area contributed by atoms with E-state index in [9.17, 15) is 21.0 Å². The van der Waals surface area contributed by atoms with Crippen molar-refractivity contribution < 1.29 is 13.2 Å². The molecular formula is C48H21F3N6. The van der Waals surface area contributed by atoms with E-state index in [0.29, 0.717) is 50.1 Å². The van der Waals surface area contributed by atoms with Crippen molar-refractivity contribution in [2.75, 3.05) is 0 Å². The zero-order valence-corrected chi connectivity index (χ0v) is 29.4. The summed E-state index contributed by atoms with van der Waals surface area (Å²) in [4.78, 5) is 6.81. The van der Waals surface area contributed by atoms with E-state index in [1.54, 1.807) is 91.0 Å². The molecule has 0 saturated carbocycles. The Hall–Kier alpha value is -8.73. The van der Waals surface area contributed by atoms with Crippen LogP contribution in [0.15, 0.2) is 127 Å². The van der Waals surface area contributed by atoms with Gasteiger partial charge in [-0.3, -0.25) is 0 Å². The average Bonchev–Trinajstić information content (AvgIpc) is 3.26. The quantitative estimate of drug-likeness (QED) is 0.158. The summed E-state index contributed by atoms with van der Waals surface area (Å²) in [5.74, 6) is -3.06. The van der Waals surface area contributed by atoms with Crippen LogP contribution in [0.2, 0.25) is 0 Å². The van der Waals surface area contributed by atoms with Gasteiger partial charge in [0.2, 0.25) is 11.4 Å². The molecule has 0 N–H and O–H groups in total. The Morgan fingerprint density at radius 2 is 0.596 bits per heavy atom. The zero-order chi connectivity index (χ0) is 40.2. The van der Waals surface area contributed by atoms with Crippen molar-refractivity contribution in [1.82, 2.24) is 0 Å². The second kappa shape index (κ2) is 15.3. The average molecular weight is 739 g/mol. The van der Waals surface area contributed by atoms with Crippen LogP contribution in [0.1, 0.15) is 22.3 Å². The molecule has 264 valence electrons.